The van der Waals surface area contributed by atoms with Crippen molar-refractivity contribution < 1.29 is 4.79 Å². The molecular formula is C21H23N3OS2. The number of carbonyl (C=O) groups is 1. The smallest absolute Gasteiger partial charge is 0.237 e. The minimum Gasteiger partial charge on any atom is -0.319 e. The number of para-hydroxylation sites is 3. The van der Waals surface area contributed by atoms with Crippen LogP contribution in [0.2, 0.25) is 0 Å². The van der Waals surface area contributed by atoms with Gasteiger partial charge in [-0.25, -0.2) is 4.98 Å². The number of fused-ring (bicyclic) bond motifs is 2. The Balaban J connectivity index is 1.55. The molecule has 0 aliphatic carbocycles. The number of hydrogen-bond acceptors (Lipinski definition) is 4. The van der Waals surface area contributed by atoms with Gasteiger partial charge in [-0.3, -0.25) is 4.79 Å². The van der Waals surface area contributed by atoms with Crippen molar-refractivity contribution >= 4 is 46.2 Å². The Kier molecular flexibility index (Phi) is 5.45. The van der Waals surface area contributed by atoms with Gasteiger partial charge >= 0.3 is 0 Å². The van der Waals surface area contributed by atoms with Gasteiger partial charge < -0.3 is 9.47 Å². The number of aryl methyl sites for hydroxylation is 1. The van der Waals surface area contributed by atoms with Gasteiger partial charge in [0.15, 0.2) is 5.16 Å². The lowest BCUT2D eigenvalue weighted by atomic mass is 10.2. The van der Waals surface area contributed by atoms with E-state index in [2.05, 4.69) is 36.6 Å². The SMILES string of the molecule is CCn1c(SCC(=O)N2CC[C@@H](C)Sc3ccccc32)nc2ccccc21. The maximum absolute atomic E-state index is 13.1. The molecule has 0 N–H and O–H groups in total. The Bertz CT molecular complexity index is 969. The molecule has 0 unspecified atom stereocenters. The van der Waals surface area contributed by atoms with E-state index < -0.39 is 0 Å². The number of nitrogens with zero attached hydrogens (tertiary/aromatic N) is 3. The number of thioether (sulfide) groups is 2. The lowest BCUT2D eigenvalue weighted by Gasteiger charge is -2.22. The van der Waals surface area contributed by atoms with Crippen LogP contribution in [-0.4, -0.2) is 33.0 Å². The first-order valence-electron chi connectivity index (χ1n) is 9.31. The summed E-state index contributed by atoms with van der Waals surface area (Å²) in [5.41, 5.74) is 3.15. The summed E-state index contributed by atoms with van der Waals surface area (Å²) in [4.78, 5) is 20.9. The quantitative estimate of drug-likeness (QED) is 0.576. The zero-order chi connectivity index (χ0) is 18.8. The van der Waals surface area contributed by atoms with E-state index in [9.17, 15) is 4.79 Å². The summed E-state index contributed by atoms with van der Waals surface area (Å²) >= 11 is 3.40. The summed E-state index contributed by atoms with van der Waals surface area (Å²) in [5.74, 6) is 0.549. The fourth-order valence-corrected chi connectivity index (χ4v) is 5.49. The highest BCUT2D eigenvalue weighted by Gasteiger charge is 2.24. The summed E-state index contributed by atoms with van der Waals surface area (Å²) in [6.07, 6.45) is 1.00. The van der Waals surface area contributed by atoms with Crippen LogP contribution in [0.25, 0.3) is 11.0 Å². The van der Waals surface area contributed by atoms with Crippen LogP contribution >= 0.6 is 23.5 Å². The molecule has 0 fully saturated rings. The molecule has 0 spiro atoms. The molecule has 3 aromatic rings. The molecule has 0 saturated carbocycles. The Morgan fingerprint density at radius 2 is 2.00 bits per heavy atom. The molecule has 140 valence electrons. The Labute approximate surface area is 168 Å². The van der Waals surface area contributed by atoms with Crippen molar-refractivity contribution in [1.82, 2.24) is 9.55 Å². The fourth-order valence-electron chi connectivity index (χ4n) is 3.42. The van der Waals surface area contributed by atoms with Gasteiger partial charge in [0.2, 0.25) is 5.91 Å². The highest BCUT2D eigenvalue weighted by molar-refractivity contribution is 8.00. The first kappa shape index (κ1) is 18.4. The van der Waals surface area contributed by atoms with Gasteiger partial charge in [0, 0.05) is 23.2 Å². The molecule has 4 rings (SSSR count). The summed E-state index contributed by atoms with van der Waals surface area (Å²) in [7, 11) is 0. The van der Waals surface area contributed by atoms with Gasteiger partial charge in [-0.2, -0.15) is 0 Å². The molecule has 0 radical (unpaired) electrons. The lowest BCUT2D eigenvalue weighted by molar-refractivity contribution is -0.116. The van der Waals surface area contributed by atoms with E-state index in [4.69, 9.17) is 4.98 Å². The van der Waals surface area contributed by atoms with Crippen LogP contribution in [0.4, 0.5) is 5.69 Å². The summed E-state index contributed by atoms with van der Waals surface area (Å²) < 4.78 is 2.18. The highest BCUT2D eigenvalue weighted by Crippen LogP contribution is 2.37. The van der Waals surface area contributed by atoms with E-state index in [0.717, 1.165) is 41.4 Å². The van der Waals surface area contributed by atoms with Gasteiger partial charge in [0.1, 0.15) is 0 Å². The molecule has 27 heavy (non-hydrogen) atoms. The van der Waals surface area contributed by atoms with Crippen LogP contribution < -0.4 is 4.90 Å². The monoisotopic (exact) mass is 397 g/mol. The minimum atomic E-state index is 0.150. The average molecular weight is 398 g/mol. The molecular weight excluding hydrogens is 374 g/mol. The second kappa shape index (κ2) is 7.98. The summed E-state index contributed by atoms with van der Waals surface area (Å²) in [6.45, 7) is 5.96. The third-order valence-corrected chi connectivity index (χ3v) is 7.00. The zero-order valence-electron chi connectivity index (χ0n) is 15.6. The standard InChI is InChI=1S/C21H23N3OS2/c1-3-23-17-9-5-4-8-16(17)22-21(23)26-14-20(25)24-13-12-15(2)27-19-11-7-6-10-18(19)24/h4-11,15H,3,12-14H2,1-2H3/t15-/m1/s1. The van der Waals surface area contributed by atoms with Crippen molar-refractivity contribution in [2.75, 3.05) is 17.2 Å². The maximum atomic E-state index is 13.1. The van der Waals surface area contributed by atoms with Crippen LogP contribution in [0.5, 0.6) is 0 Å². The fraction of sp³-hybridized carbons (Fsp3) is 0.333. The normalized spacial score (nSPS) is 17.0. The van der Waals surface area contributed by atoms with E-state index in [1.54, 1.807) is 0 Å². The van der Waals surface area contributed by atoms with Crippen molar-refractivity contribution in [1.29, 1.82) is 0 Å². The molecule has 1 aliphatic rings. The number of aromatic nitrogens is 2. The maximum Gasteiger partial charge on any atom is 0.237 e. The van der Waals surface area contributed by atoms with Gasteiger partial charge in [-0.1, -0.05) is 43.0 Å². The van der Waals surface area contributed by atoms with E-state index in [1.165, 1.54) is 16.7 Å². The first-order chi connectivity index (χ1) is 13.2. The number of hydrogen-bond donors (Lipinski definition) is 0. The van der Waals surface area contributed by atoms with Gasteiger partial charge in [-0.05, 0) is 37.6 Å². The minimum absolute atomic E-state index is 0.150. The molecule has 0 saturated heterocycles. The predicted molar refractivity (Wildman–Crippen MR) is 115 cm³/mol. The number of rotatable bonds is 4. The summed E-state index contributed by atoms with van der Waals surface area (Å²) in [6, 6.07) is 16.4. The molecule has 1 aliphatic heterocycles. The molecule has 0 bridgehead atoms. The van der Waals surface area contributed by atoms with E-state index in [0.29, 0.717) is 11.0 Å². The van der Waals surface area contributed by atoms with Crippen molar-refractivity contribution in [3.8, 4) is 0 Å². The van der Waals surface area contributed by atoms with Gasteiger partial charge in [0.25, 0.3) is 0 Å². The van der Waals surface area contributed by atoms with E-state index >= 15 is 0 Å². The number of anilines is 1. The number of imidazole rings is 1. The molecule has 2 heterocycles. The molecule has 1 atom stereocenters. The second-order valence-electron chi connectivity index (χ2n) is 6.65. The first-order valence-corrected chi connectivity index (χ1v) is 11.2. The molecule has 6 heteroatoms. The zero-order valence-corrected chi connectivity index (χ0v) is 17.2. The average Bonchev–Trinajstić information content (AvgIpc) is 2.95. The van der Waals surface area contributed by atoms with Crippen LogP contribution in [0.1, 0.15) is 20.3 Å². The molecule has 4 nitrogen and oxygen atoms in total. The molecule has 2 aromatic carbocycles. The van der Waals surface area contributed by atoms with E-state index in [-0.39, 0.29) is 5.91 Å². The van der Waals surface area contributed by atoms with Gasteiger partial charge in [-0.15, -0.1) is 11.8 Å². The highest BCUT2D eigenvalue weighted by atomic mass is 32.2. The van der Waals surface area contributed by atoms with Crippen LogP contribution in [0, 0.1) is 0 Å². The number of amides is 1. The largest absolute Gasteiger partial charge is 0.319 e. The van der Waals surface area contributed by atoms with Crippen molar-refractivity contribution in [3.63, 3.8) is 0 Å². The Morgan fingerprint density at radius 3 is 2.85 bits per heavy atom. The van der Waals surface area contributed by atoms with Crippen LogP contribution in [-0.2, 0) is 11.3 Å². The molecule has 1 amide bonds. The Morgan fingerprint density at radius 1 is 1.22 bits per heavy atom. The van der Waals surface area contributed by atoms with Crippen molar-refractivity contribution in [2.45, 2.75) is 42.1 Å². The number of benzene rings is 2. The van der Waals surface area contributed by atoms with Crippen LogP contribution in [0.3, 0.4) is 0 Å². The second-order valence-corrected chi connectivity index (χ2v) is 9.07. The van der Waals surface area contributed by atoms with Crippen molar-refractivity contribution in [3.05, 3.63) is 48.5 Å². The number of carbonyl (C=O) groups excluding carboxylic acids is 1. The third-order valence-electron chi connectivity index (χ3n) is 4.80. The van der Waals surface area contributed by atoms with Gasteiger partial charge in [0.05, 0.1) is 22.5 Å². The predicted octanol–water partition coefficient (Wildman–Crippen LogP) is 5.07. The lowest BCUT2D eigenvalue weighted by Crippen LogP contribution is -2.33. The van der Waals surface area contributed by atoms with E-state index in [1.807, 2.05) is 47.0 Å². The van der Waals surface area contributed by atoms with Crippen LogP contribution in [0.15, 0.2) is 58.6 Å². The molecule has 1 aromatic heterocycles. The van der Waals surface area contributed by atoms with Crippen molar-refractivity contribution in [2.24, 2.45) is 0 Å². The summed E-state index contributed by atoms with van der Waals surface area (Å²) in [5, 5.41) is 1.43. The topological polar surface area (TPSA) is 38.1 Å². The Hall–Kier alpha value is -1.92. The third kappa shape index (κ3) is 3.73.